The minimum atomic E-state index is -0.982. The van der Waals surface area contributed by atoms with Crippen LogP contribution >= 0.6 is 0 Å². The summed E-state index contributed by atoms with van der Waals surface area (Å²) < 4.78 is 155. The van der Waals surface area contributed by atoms with Crippen LogP contribution in [-0.2, 0) is 0 Å². The Morgan fingerprint density at radius 1 is 0.264 bits per heavy atom. The van der Waals surface area contributed by atoms with Gasteiger partial charge in [0.1, 0.15) is 0 Å². The molecule has 0 N–H and O–H groups in total. The van der Waals surface area contributed by atoms with Crippen LogP contribution in [0.5, 0.6) is 0 Å². The number of hydrogen-bond donors (Lipinski definition) is 0. The molecule has 0 amide bonds. The lowest BCUT2D eigenvalue weighted by molar-refractivity contribution is 1.28. The van der Waals surface area contributed by atoms with Gasteiger partial charge in [-0.05, 0) is 115 Å². The Morgan fingerprint density at radius 2 is 0.660 bits per heavy atom. The molecule has 0 radical (unpaired) electrons. The fraction of sp³-hybridized carbons (Fsp3) is 0. The number of anilines is 3. The van der Waals surface area contributed by atoms with Gasteiger partial charge in [-0.2, -0.15) is 0 Å². The number of hydrogen-bond acceptors (Lipinski definition) is 1. The Bertz CT molecular complexity index is 3520. The molecule has 0 fully saturated rings. The van der Waals surface area contributed by atoms with Gasteiger partial charge >= 0.3 is 0 Å². The highest BCUT2D eigenvalue weighted by Crippen LogP contribution is 2.38. The lowest BCUT2D eigenvalue weighted by Gasteiger charge is -2.26. The lowest BCUT2D eigenvalue weighted by Crippen LogP contribution is -2.09. The Kier molecular flexibility index (Phi) is 5.01. The number of benzene rings is 9. The van der Waals surface area contributed by atoms with Gasteiger partial charge < -0.3 is 4.90 Å². The molecule has 0 heterocycles. The molecule has 0 bridgehead atoms. The van der Waals surface area contributed by atoms with Crippen LogP contribution in [0.15, 0.2) is 224 Å². The maximum Gasteiger partial charge on any atom is 0.0645 e. The molecule has 9 rings (SSSR count). The summed E-state index contributed by atoms with van der Waals surface area (Å²) in [4.78, 5) is 0.672. The molecule has 0 atom stereocenters. The summed E-state index contributed by atoms with van der Waals surface area (Å²) in [6, 6.07) is 23.2. The molecule has 0 aliphatic carbocycles. The fourth-order valence-corrected chi connectivity index (χ4v) is 6.06. The first-order valence-corrected chi connectivity index (χ1v) is 16.8. The van der Waals surface area contributed by atoms with Gasteiger partial charge in [0.05, 0.1) is 23.3 Å². The van der Waals surface area contributed by atoms with Gasteiger partial charge in [-0.25, -0.2) is 0 Å². The van der Waals surface area contributed by atoms with Crippen molar-refractivity contribution in [3.8, 4) is 55.6 Å². The van der Waals surface area contributed by atoms with Gasteiger partial charge in [0.15, 0.2) is 0 Å². The molecular weight excluding hydrogens is 639 g/mol. The molecule has 0 saturated heterocycles. The molecule has 0 aliphatic rings. The summed E-state index contributed by atoms with van der Waals surface area (Å²) in [5.41, 5.74) is -0.115. The second-order valence-electron chi connectivity index (χ2n) is 12.1. The van der Waals surface area contributed by atoms with Gasteiger partial charge in [0.2, 0.25) is 0 Å². The van der Waals surface area contributed by atoms with Gasteiger partial charge in [-0.1, -0.05) is 176 Å². The highest BCUT2D eigenvalue weighted by Gasteiger charge is 2.14. The average molecular weight is 693 g/mol. The molecule has 250 valence electrons. The quantitative estimate of drug-likeness (QED) is 0.153. The zero-order valence-corrected chi connectivity index (χ0v) is 28.0. The van der Waals surface area contributed by atoms with E-state index in [2.05, 4.69) is 0 Å². The standard InChI is InChI=1S/C52H37N/c1-3-10-38(11-4-1)41-18-20-42(21-19-41)44-26-32-51(33-27-44)53(50-30-24-43(25-31-50)39-12-5-2-6-13-39)52-34-28-45(29-35-52)47-16-9-17-48(36-47)49-23-22-40-14-7-8-15-46(40)37-49/h1-37H/i2D,5D,6D,12D,13D,24D,25D,26D,27D,28D,29D,30D,31D,32D,33D,34D,35D. The molecule has 0 saturated carbocycles. The van der Waals surface area contributed by atoms with E-state index in [0.717, 1.165) is 27.5 Å². The van der Waals surface area contributed by atoms with Crippen LogP contribution in [0.3, 0.4) is 0 Å². The van der Waals surface area contributed by atoms with Crippen LogP contribution in [0.4, 0.5) is 17.1 Å². The third kappa shape index (κ3) is 6.77. The van der Waals surface area contributed by atoms with Crippen molar-refractivity contribution in [3.05, 3.63) is 224 Å². The topological polar surface area (TPSA) is 3.24 Å². The summed E-state index contributed by atoms with van der Waals surface area (Å²) in [6.07, 6.45) is 0. The minimum Gasteiger partial charge on any atom is -0.311 e. The maximum absolute atomic E-state index is 9.55. The Morgan fingerprint density at radius 3 is 1.26 bits per heavy atom. The molecule has 9 aromatic rings. The van der Waals surface area contributed by atoms with Crippen molar-refractivity contribution >= 4 is 27.8 Å². The van der Waals surface area contributed by atoms with Crippen molar-refractivity contribution in [2.75, 3.05) is 4.90 Å². The summed E-state index contributed by atoms with van der Waals surface area (Å²) >= 11 is 0. The summed E-state index contributed by atoms with van der Waals surface area (Å²) in [5, 5.41) is 1.99. The van der Waals surface area contributed by atoms with Gasteiger partial charge in [0.25, 0.3) is 0 Å². The van der Waals surface area contributed by atoms with Crippen LogP contribution in [0.1, 0.15) is 23.3 Å². The molecule has 9 aromatic carbocycles. The smallest absolute Gasteiger partial charge is 0.0645 e. The fourth-order valence-electron chi connectivity index (χ4n) is 6.06. The molecule has 1 nitrogen and oxygen atoms in total. The van der Waals surface area contributed by atoms with E-state index in [1.807, 2.05) is 78.9 Å². The van der Waals surface area contributed by atoms with Crippen LogP contribution in [0, 0.1) is 0 Å². The second-order valence-corrected chi connectivity index (χ2v) is 12.1. The van der Waals surface area contributed by atoms with Crippen molar-refractivity contribution in [3.63, 3.8) is 0 Å². The molecule has 53 heavy (non-hydrogen) atoms. The highest BCUT2D eigenvalue weighted by atomic mass is 15.1. The Balaban J connectivity index is 1.30. The third-order valence-corrected chi connectivity index (χ3v) is 8.77. The SMILES string of the molecule is [2H]c1c([2H])c([2H])c(-c2c([2H])c([2H])c(N(c3c([2H])c([2H])c(-c4ccc(-c5ccccc5)cc4)c([2H])c3[2H])c3c([2H])c([2H])c(-c4cccc(-c5ccc6ccccc6c5)c4)c([2H])c3[2H])c([2H])c2[2H])c([2H])c1[2H]. The molecule has 0 aromatic heterocycles. The van der Waals surface area contributed by atoms with Crippen molar-refractivity contribution in [1.29, 1.82) is 0 Å². The van der Waals surface area contributed by atoms with E-state index in [-0.39, 0.29) is 11.1 Å². The first kappa shape index (κ1) is 18.5. The van der Waals surface area contributed by atoms with Gasteiger partial charge in [0, 0.05) is 17.1 Å². The van der Waals surface area contributed by atoms with Crippen LogP contribution in [0.2, 0.25) is 0 Å². The maximum atomic E-state index is 9.55. The minimum absolute atomic E-state index is 0.143. The second kappa shape index (κ2) is 14.3. The van der Waals surface area contributed by atoms with E-state index in [4.69, 9.17) is 6.85 Å². The molecule has 1 heteroatoms. The number of nitrogens with zero attached hydrogens (tertiary/aromatic N) is 1. The van der Waals surface area contributed by atoms with Crippen LogP contribution in [-0.4, -0.2) is 0 Å². The van der Waals surface area contributed by atoms with Gasteiger partial charge in [-0.3, -0.25) is 0 Å². The molecule has 0 aliphatic heterocycles. The first-order valence-electron chi connectivity index (χ1n) is 25.3. The Labute approximate surface area is 335 Å². The highest BCUT2D eigenvalue weighted by molar-refractivity contribution is 5.88. The summed E-state index contributed by atoms with van der Waals surface area (Å²) in [5.74, 6) is 0. The van der Waals surface area contributed by atoms with Crippen LogP contribution < -0.4 is 4.90 Å². The number of rotatable bonds is 8. The Hall–Kier alpha value is -6.96. The number of fused-ring (bicyclic) bond motifs is 1. The van der Waals surface area contributed by atoms with Gasteiger partial charge in [-0.15, -0.1) is 0 Å². The van der Waals surface area contributed by atoms with Crippen molar-refractivity contribution in [1.82, 2.24) is 0 Å². The zero-order valence-electron chi connectivity index (χ0n) is 45.0. The van der Waals surface area contributed by atoms with E-state index in [0.29, 0.717) is 21.6 Å². The van der Waals surface area contributed by atoms with E-state index in [1.54, 1.807) is 42.5 Å². The predicted molar refractivity (Wildman–Crippen MR) is 226 cm³/mol. The monoisotopic (exact) mass is 692 g/mol. The van der Waals surface area contributed by atoms with Crippen molar-refractivity contribution in [2.24, 2.45) is 0 Å². The first-order chi connectivity index (χ1) is 33.3. The average Bonchev–Trinajstić information content (AvgIpc) is 3.37. The van der Waals surface area contributed by atoms with E-state index < -0.39 is 131 Å². The molecule has 0 unspecified atom stereocenters. The lowest BCUT2D eigenvalue weighted by atomic mass is 9.97. The largest absolute Gasteiger partial charge is 0.311 e. The third-order valence-electron chi connectivity index (χ3n) is 8.77. The van der Waals surface area contributed by atoms with Crippen LogP contribution in [0.25, 0.3) is 66.4 Å². The summed E-state index contributed by atoms with van der Waals surface area (Å²) in [6.45, 7) is 0. The zero-order chi connectivity index (χ0) is 50.2. The van der Waals surface area contributed by atoms with E-state index in [9.17, 15) is 16.4 Å². The van der Waals surface area contributed by atoms with Crippen molar-refractivity contribution < 1.29 is 23.3 Å². The van der Waals surface area contributed by atoms with E-state index in [1.165, 1.54) is 0 Å². The normalized spacial score (nSPS) is 15.5. The predicted octanol–water partition coefficient (Wildman–Crippen LogP) is 14.6. The summed E-state index contributed by atoms with van der Waals surface area (Å²) in [7, 11) is 0. The van der Waals surface area contributed by atoms with Crippen molar-refractivity contribution in [2.45, 2.75) is 0 Å². The molecule has 0 spiro atoms. The van der Waals surface area contributed by atoms with E-state index >= 15 is 0 Å². The molecular formula is C52H37N.